The molecule has 0 unspecified atom stereocenters. The number of aryl methyl sites for hydroxylation is 2. The number of hydrogen-bond acceptors (Lipinski definition) is 4. The molecule has 0 saturated heterocycles. The molecule has 152 valence electrons. The molecule has 5 nitrogen and oxygen atoms in total. The van der Waals surface area contributed by atoms with Crippen LogP contribution in [0.5, 0.6) is 0 Å². The molecule has 0 radical (unpaired) electrons. The lowest BCUT2D eigenvalue weighted by molar-refractivity contribution is -0.118. The number of amides is 1. The van der Waals surface area contributed by atoms with Crippen molar-refractivity contribution in [3.63, 3.8) is 0 Å². The average molecular weight is 418 g/mol. The van der Waals surface area contributed by atoms with Gasteiger partial charge in [-0.05, 0) is 37.0 Å². The van der Waals surface area contributed by atoms with Crippen molar-refractivity contribution < 1.29 is 4.79 Å². The molecule has 1 atom stereocenters. The Kier molecular flexibility index (Phi) is 5.50. The van der Waals surface area contributed by atoms with Crippen molar-refractivity contribution in [2.45, 2.75) is 33.2 Å². The zero-order valence-corrected chi connectivity index (χ0v) is 18.0. The van der Waals surface area contributed by atoms with Crippen molar-refractivity contribution in [2.75, 3.05) is 5.32 Å². The maximum Gasteiger partial charge on any atom is 0.263 e. The number of para-hydroxylation sites is 1. The standard InChI is InChI=1S/C24H23N3O2S/c1-4-17-12-8-9-15(2)21(17)26-22(28)16(3)27-14-25-23-20(24(27)29)19(13-30-23)18-10-6-5-7-11-18/h5-14,16H,4H2,1-3H3,(H,26,28)/t16-/m0/s1. The molecule has 2 aromatic heterocycles. The van der Waals surface area contributed by atoms with Gasteiger partial charge in [-0.2, -0.15) is 0 Å². The van der Waals surface area contributed by atoms with E-state index in [-0.39, 0.29) is 11.5 Å². The number of aromatic nitrogens is 2. The second-order valence-electron chi connectivity index (χ2n) is 7.28. The molecule has 2 heterocycles. The average Bonchev–Trinajstić information content (AvgIpc) is 3.20. The summed E-state index contributed by atoms with van der Waals surface area (Å²) in [6.45, 7) is 5.75. The molecule has 1 N–H and O–H groups in total. The molecule has 4 rings (SSSR count). The first-order valence-electron chi connectivity index (χ1n) is 9.94. The van der Waals surface area contributed by atoms with Gasteiger partial charge in [-0.25, -0.2) is 4.98 Å². The number of rotatable bonds is 5. The number of carbonyl (C=O) groups is 1. The molecule has 0 aliphatic carbocycles. The number of benzene rings is 2. The molecule has 0 aliphatic heterocycles. The van der Waals surface area contributed by atoms with Gasteiger partial charge in [0.1, 0.15) is 10.9 Å². The van der Waals surface area contributed by atoms with Gasteiger partial charge in [0.05, 0.1) is 11.7 Å². The summed E-state index contributed by atoms with van der Waals surface area (Å²) in [6.07, 6.45) is 2.28. The summed E-state index contributed by atoms with van der Waals surface area (Å²) >= 11 is 1.44. The minimum absolute atomic E-state index is 0.205. The Morgan fingerprint density at radius 1 is 1.17 bits per heavy atom. The van der Waals surface area contributed by atoms with Gasteiger partial charge in [0.25, 0.3) is 5.56 Å². The van der Waals surface area contributed by atoms with Crippen LogP contribution in [0.4, 0.5) is 5.69 Å². The Labute approximate surface area is 179 Å². The normalized spacial score (nSPS) is 12.1. The van der Waals surface area contributed by atoms with Crippen molar-refractivity contribution in [3.8, 4) is 11.1 Å². The van der Waals surface area contributed by atoms with E-state index in [1.165, 1.54) is 22.2 Å². The highest BCUT2D eigenvalue weighted by molar-refractivity contribution is 7.17. The lowest BCUT2D eigenvalue weighted by Gasteiger charge is -2.18. The van der Waals surface area contributed by atoms with E-state index in [0.717, 1.165) is 34.4 Å². The Morgan fingerprint density at radius 3 is 2.67 bits per heavy atom. The van der Waals surface area contributed by atoms with Gasteiger partial charge in [-0.15, -0.1) is 11.3 Å². The van der Waals surface area contributed by atoms with E-state index in [2.05, 4.69) is 17.2 Å². The summed E-state index contributed by atoms with van der Waals surface area (Å²) in [6, 6.07) is 15.0. The summed E-state index contributed by atoms with van der Waals surface area (Å²) in [5.74, 6) is -0.237. The first kappa shape index (κ1) is 20.0. The number of anilines is 1. The van der Waals surface area contributed by atoms with E-state index in [1.807, 2.05) is 60.8 Å². The Balaban J connectivity index is 1.72. The van der Waals surface area contributed by atoms with E-state index >= 15 is 0 Å². The van der Waals surface area contributed by atoms with Crippen LogP contribution in [0.1, 0.15) is 31.0 Å². The Morgan fingerprint density at radius 2 is 1.93 bits per heavy atom. The number of nitrogens with one attached hydrogen (secondary N) is 1. The number of nitrogens with zero attached hydrogens (tertiary/aromatic N) is 2. The second kappa shape index (κ2) is 8.24. The smallest absolute Gasteiger partial charge is 0.263 e. The number of fused-ring (bicyclic) bond motifs is 1. The van der Waals surface area contributed by atoms with Gasteiger partial charge in [0, 0.05) is 16.6 Å². The molecule has 6 heteroatoms. The van der Waals surface area contributed by atoms with Crippen molar-refractivity contribution in [3.05, 3.63) is 81.7 Å². The molecule has 30 heavy (non-hydrogen) atoms. The van der Waals surface area contributed by atoms with Crippen LogP contribution in [0.15, 0.2) is 65.0 Å². The molecule has 4 aromatic rings. The molecule has 0 spiro atoms. The first-order chi connectivity index (χ1) is 14.5. The number of hydrogen-bond donors (Lipinski definition) is 1. The van der Waals surface area contributed by atoms with Crippen LogP contribution in [-0.2, 0) is 11.2 Å². The first-order valence-corrected chi connectivity index (χ1v) is 10.8. The second-order valence-corrected chi connectivity index (χ2v) is 8.14. The minimum atomic E-state index is -0.692. The van der Waals surface area contributed by atoms with Crippen LogP contribution < -0.4 is 10.9 Å². The number of thiophene rings is 1. The fraction of sp³-hybridized carbons (Fsp3) is 0.208. The van der Waals surface area contributed by atoms with Crippen LogP contribution in [0.3, 0.4) is 0 Å². The van der Waals surface area contributed by atoms with Crippen molar-refractivity contribution in [1.29, 1.82) is 0 Å². The third-order valence-electron chi connectivity index (χ3n) is 5.39. The van der Waals surface area contributed by atoms with Crippen LogP contribution in [0.25, 0.3) is 21.3 Å². The fourth-order valence-corrected chi connectivity index (χ4v) is 4.51. The monoisotopic (exact) mass is 417 g/mol. The summed E-state index contributed by atoms with van der Waals surface area (Å²) in [5, 5.41) is 5.52. The lowest BCUT2D eigenvalue weighted by atomic mass is 10.1. The predicted octanol–water partition coefficient (Wildman–Crippen LogP) is 5.20. The summed E-state index contributed by atoms with van der Waals surface area (Å²) in [5.41, 5.74) is 4.50. The van der Waals surface area contributed by atoms with E-state index in [1.54, 1.807) is 6.92 Å². The van der Waals surface area contributed by atoms with Gasteiger partial charge >= 0.3 is 0 Å². The van der Waals surface area contributed by atoms with E-state index < -0.39 is 6.04 Å². The predicted molar refractivity (Wildman–Crippen MR) is 123 cm³/mol. The van der Waals surface area contributed by atoms with Gasteiger partial charge in [0.15, 0.2) is 0 Å². The van der Waals surface area contributed by atoms with Crippen LogP contribution in [-0.4, -0.2) is 15.5 Å². The highest BCUT2D eigenvalue weighted by Crippen LogP contribution is 2.30. The SMILES string of the molecule is CCc1cccc(C)c1NC(=O)[C@H](C)n1cnc2scc(-c3ccccc3)c2c1=O. The largest absolute Gasteiger partial charge is 0.324 e. The molecule has 2 aromatic carbocycles. The van der Waals surface area contributed by atoms with E-state index in [0.29, 0.717) is 10.2 Å². The van der Waals surface area contributed by atoms with E-state index in [4.69, 9.17) is 0 Å². The highest BCUT2D eigenvalue weighted by Gasteiger charge is 2.21. The quantitative estimate of drug-likeness (QED) is 0.486. The van der Waals surface area contributed by atoms with Crippen molar-refractivity contribution in [1.82, 2.24) is 9.55 Å². The molecule has 0 fully saturated rings. The number of carbonyl (C=O) groups excluding carboxylic acids is 1. The van der Waals surface area contributed by atoms with Crippen LogP contribution >= 0.6 is 11.3 Å². The minimum Gasteiger partial charge on any atom is -0.324 e. The maximum absolute atomic E-state index is 13.3. The van der Waals surface area contributed by atoms with Gasteiger partial charge in [0.2, 0.25) is 5.91 Å². The third-order valence-corrected chi connectivity index (χ3v) is 6.28. The zero-order valence-electron chi connectivity index (χ0n) is 17.2. The molecular weight excluding hydrogens is 394 g/mol. The molecular formula is C24H23N3O2S. The van der Waals surface area contributed by atoms with Crippen LogP contribution in [0.2, 0.25) is 0 Å². The summed E-state index contributed by atoms with van der Waals surface area (Å²) < 4.78 is 1.42. The van der Waals surface area contributed by atoms with Crippen LogP contribution in [0, 0.1) is 6.92 Å². The zero-order chi connectivity index (χ0) is 21.3. The maximum atomic E-state index is 13.3. The molecule has 0 aliphatic rings. The van der Waals surface area contributed by atoms with E-state index in [9.17, 15) is 9.59 Å². The molecule has 0 bridgehead atoms. The molecule has 1 amide bonds. The van der Waals surface area contributed by atoms with Crippen molar-refractivity contribution >= 4 is 33.1 Å². The molecule has 0 saturated carbocycles. The van der Waals surface area contributed by atoms with Gasteiger partial charge in [-0.3, -0.25) is 14.2 Å². The van der Waals surface area contributed by atoms with Gasteiger partial charge in [-0.1, -0.05) is 55.5 Å². The summed E-state index contributed by atoms with van der Waals surface area (Å²) in [7, 11) is 0. The fourth-order valence-electron chi connectivity index (χ4n) is 3.61. The lowest BCUT2D eigenvalue weighted by Crippen LogP contribution is -2.32. The van der Waals surface area contributed by atoms with Gasteiger partial charge < -0.3 is 5.32 Å². The summed E-state index contributed by atoms with van der Waals surface area (Å²) in [4.78, 5) is 31.5. The Bertz CT molecular complexity index is 1270. The Hall–Kier alpha value is -3.25. The third kappa shape index (κ3) is 3.55. The highest BCUT2D eigenvalue weighted by atomic mass is 32.1. The van der Waals surface area contributed by atoms with Crippen molar-refractivity contribution in [2.24, 2.45) is 0 Å². The topological polar surface area (TPSA) is 64.0 Å².